The minimum absolute atomic E-state index is 0.0625. The Kier molecular flexibility index (Phi) is 9.83. The van der Waals surface area contributed by atoms with Crippen LogP contribution in [0.2, 0.25) is 0 Å². The number of aromatic nitrogens is 2. The summed E-state index contributed by atoms with van der Waals surface area (Å²) in [7, 11) is 1.87. The van der Waals surface area contributed by atoms with Gasteiger partial charge in [-0.2, -0.15) is 4.98 Å². The number of rotatable bonds is 2. The van der Waals surface area contributed by atoms with Crippen LogP contribution in [0.1, 0.15) is 58.8 Å². The molecule has 2 aliphatic heterocycles. The van der Waals surface area contributed by atoms with E-state index in [1.165, 1.54) is 0 Å². The van der Waals surface area contributed by atoms with Gasteiger partial charge in [0.15, 0.2) is 0 Å². The van der Waals surface area contributed by atoms with Crippen molar-refractivity contribution in [3.63, 3.8) is 0 Å². The lowest BCUT2D eigenvalue weighted by Crippen LogP contribution is -2.43. The maximum Gasteiger partial charge on any atom is 0.410 e. The number of likely N-dealkylation sites (tertiary alicyclic amines) is 1. The molecule has 2 aliphatic rings. The van der Waals surface area contributed by atoms with Crippen molar-refractivity contribution in [1.29, 1.82) is 0 Å². The van der Waals surface area contributed by atoms with Gasteiger partial charge in [0.25, 0.3) is 0 Å². The number of piperidine rings is 1. The number of ether oxygens (including phenoxy) is 2. The Bertz CT molecular complexity index is 1090. The molecule has 1 N–H and O–H groups in total. The molecule has 1 atom stereocenters. The van der Waals surface area contributed by atoms with Crippen LogP contribution >= 0.6 is 0 Å². The van der Waals surface area contributed by atoms with E-state index in [9.17, 15) is 9.59 Å². The summed E-state index contributed by atoms with van der Waals surface area (Å²) in [6.45, 7) is 9.99. The predicted molar refractivity (Wildman–Crippen MR) is 147 cm³/mol. The first-order valence-corrected chi connectivity index (χ1v) is 14.2. The Balaban J connectivity index is 1.36. The standard InChI is InChI=1S/C29H43N5O5/c1-29(2,3)38-28(36)34-15-12-21(13-16-34)18-22-19-30-14-7-17-37-24-9-6-5-8-23(24)27-31-25(39-32-27)10-11-26(35)33(4)20-22/h5-6,8-9,21-22,30H,7,10-20H2,1-4H3. The van der Waals surface area contributed by atoms with Crippen LogP contribution < -0.4 is 10.1 Å². The number of aryl methyl sites for hydroxylation is 1. The van der Waals surface area contributed by atoms with Gasteiger partial charge in [-0.1, -0.05) is 17.3 Å². The van der Waals surface area contributed by atoms with Gasteiger partial charge in [0, 0.05) is 39.5 Å². The molecule has 0 saturated carbocycles. The monoisotopic (exact) mass is 541 g/mol. The number of fused-ring (bicyclic) bond motifs is 4. The van der Waals surface area contributed by atoms with Crippen molar-refractivity contribution in [2.24, 2.45) is 11.8 Å². The van der Waals surface area contributed by atoms with Crippen LogP contribution in [-0.2, 0) is 16.0 Å². The van der Waals surface area contributed by atoms with Gasteiger partial charge >= 0.3 is 6.09 Å². The fourth-order valence-electron chi connectivity index (χ4n) is 5.19. The minimum Gasteiger partial charge on any atom is -0.493 e. The lowest BCUT2D eigenvalue weighted by Gasteiger charge is -2.35. The third kappa shape index (κ3) is 8.68. The van der Waals surface area contributed by atoms with Gasteiger partial charge in [-0.05, 0) is 83.5 Å². The Hall–Kier alpha value is -3.14. The number of hydrogen-bond donors (Lipinski definition) is 1. The number of carbonyl (C=O) groups excluding carboxylic acids is 2. The highest BCUT2D eigenvalue weighted by Gasteiger charge is 2.29. The molecule has 2 bridgehead atoms. The summed E-state index contributed by atoms with van der Waals surface area (Å²) >= 11 is 0. The van der Waals surface area contributed by atoms with Crippen molar-refractivity contribution in [3.05, 3.63) is 30.2 Å². The summed E-state index contributed by atoms with van der Waals surface area (Å²) in [4.78, 5) is 33.6. The van der Waals surface area contributed by atoms with Crippen molar-refractivity contribution >= 4 is 12.0 Å². The Morgan fingerprint density at radius 2 is 1.92 bits per heavy atom. The lowest BCUT2D eigenvalue weighted by molar-refractivity contribution is -0.130. The number of hydrogen-bond acceptors (Lipinski definition) is 8. The van der Waals surface area contributed by atoms with E-state index >= 15 is 0 Å². The van der Waals surface area contributed by atoms with Crippen LogP contribution in [0.5, 0.6) is 5.75 Å². The van der Waals surface area contributed by atoms with Crippen LogP contribution in [0, 0.1) is 11.8 Å². The number of carbonyl (C=O) groups is 2. The van der Waals surface area contributed by atoms with Gasteiger partial charge in [0.1, 0.15) is 11.4 Å². The van der Waals surface area contributed by atoms with E-state index in [-0.39, 0.29) is 12.0 Å². The molecule has 10 nitrogen and oxygen atoms in total. The smallest absolute Gasteiger partial charge is 0.410 e. The van der Waals surface area contributed by atoms with E-state index in [1.54, 1.807) is 0 Å². The van der Waals surface area contributed by atoms with Crippen LogP contribution in [0.4, 0.5) is 4.79 Å². The second-order valence-electron chi connectivity index (χ2n) is 11.7. The van der Waals surface area contributed by atoms with E-state index in [1.807, 2.05) is 61.9 Å². The normalized spacial score (nSPS) is 20.6. The first-order chi connectivity index (χ1) is 18.7. The molecule has 1 fully saturated rings. The second kappa shape index (κ2) is 13.3. The summed E-state index contributed by atoms with van der Waals surface area (Å²) in [5, 5.41) is 7.71. The van der Waals surface area contributed by atoms with Crippen LogP contribution in [0.25, 0.3) is 11.4 Å². The van der Waals surface area contributed by atoms with Gasteiger partial charge in [-0.3, -0.25) is 4.79 Å². The largest absolute Gasteiger partial charge is 0.493 e. The van der Waals surface area contributed by atoms with Crippen molar-refractivity contribution in [2.45, 2.75) is 64.9 Å². The molecule has 4 rings (SSSR count). The molecule has 10 heteroatoms. The average molecular weight is 542 g/mol. The quantitative estimate of drug-likeness (QED) is 0.604. The number of para-hydroxylation sites is 1. The summed E-state index contributed by atoms with van der Waals surface area (Å²) in [6, 6.07) is 7.67. The molecule has 1 unspecified atom stereocenters. The minimum atomic E-state index is -0.486. The van der Waals surface area contributed by atoms with Gasteiger partial charge in [-0.15, -0.1) is 0 Å². The number of nitrogens with one attached hydrogen (secondary N) is 1. The molecule has 0 radical (unpaired) electrons. The van der Waals surface area contributed by atoms with Gasteiger partial charge < -0.3 is 29.1 Å². The average Bonchev–Trinajstić information content (AvgIpc) is 3.37. The molecule has 1 aromatic heterocycles. The first-order valence-electron chi connectivity index (χ1n) is 14.2. The molecule has 214 valence electrons. The molecule has 3 heterocycles. The Morgan fingerprint density at radius 3 is 2.69 bits per heavy atom. The SMILES string of the molecule is CN1CC(CC2CCN(C(=O)OC(C)(C)C)CC2)CNCCCOc2ccccc2-c2noc(n2)CCC1=O. The molecule has 1 saturated heterocycles. The summed E-state index contributed by atoms with van der Waals surface area (Å²) in [5.41, 5.74) is 0.297. The maximum absolute atomic E-state index is 13.0. The second-order valence-corrected chi connectivity index (χ2v) is 11.7. The van der Waals surface area contributed by atoms with E-state index in [4.69, 9.17) is 14.0 Å². The Labute approximate surface area is 231 Å². The third-order valence-corrected chi connectivity index (χ3v) is 7.23. The number of amides is 2. The lowest BCUT2D eigenvalue weighted by atomic mass is 9.86. The van der Waals surface area contributed by atoms with Crippen molar-refractivity contribution < 1.29 is 23.6 Å². The van der Waals surface area contributed by atoms with Crippen molar-refractivity contribution in [3.8, 4) is 17.1 Å². The highest BCUT2D eigenvalue weighted by atomic mass is 16.6. The zero-order chi connectivity index (χ0) is 27.8. The van der Waals surface area contributed by atoms with Gasteiger partial charge in [0.2, 0.25) is 17.6 Å². The molecule has 1 aromatic carbocycles. The highest BCUT2D eigenvalue weighted by Crippen LogP contribution is 2.29. The molecular weight excluding hydrogens is 498 g/mol. The third-order valence-electron chi connectivity index (χ3n) is 7.23. The zero-order valence-electron chi connectivity index (χ0n) is 23.8. The highest BCUT2D eigenvalue weighted by molar-refractivity contribution is 5.76. The first kappa shape index (κ1) is 28.9. The van der Waals surface area contributed by atoms with E-state index in [0.29, 0.717) is 62.6 Å². The Morgan fingerprint density at radius 1 is 1.15 bits per heavy atom. The van der Waals surface area contributed by atoms with Crippen molar-refractivity contribution in [1.82, 2.24) is 25.3 Å². The van der Waals surface area contributed by atoms with Crippen LogP contribution in [0.3, 0.4) is 0 Å². The maximum atomic E-state index is 13.0. The molecule has 2 aromatic rings. The van der Waals surface area contributed by atoms with E-state index < -0.39 is 5.60 Å². The van der Waals surface area contributed by atoms with E-state index in [2.05, 4.69) is 15.5 Å². The fraction of sp³-hybridized carbons (Fsp3) is 0.655. The molecule has 0 spiro atoms. The van der Waals surface area contributed by atoms with Gasteiger partial charge in [-0.25, -0.2) is 4.79 Å². The zero-order valence-corrected chi connectivity index (χ0v) is 23.8. The number of nitrogens with zero attached hydrogens (tertiary/aromatic N) is 4. The molecule has 39 heavy (non-hydrogen) atoms. The topological polar surface area (TPSA) is 110 Å². The van der Waals surface area contributed by atoms with Gasteiger partial charge in [0.05, 0.1) is 12.2 Å². The number of benzene rings is 1. The van der Waals surface area contributed by atoms with E-state index in [0.717, 1.165) is 50.1 Å². The fourth-order valence-corrected chi connectivity index (χ4v) is 5.19. The summed E-state index contributed by atoms with van der Waals surface area (Å²) in [6.07, 6.45) is 4.22. The molecule has 2 amide bonds. The van der Waals surface area contributed by atoms with Crippen LogP contribution in [0.15, 0.2) is 28.8 Å². The summed E-state index contributed by atoms with van der Waals surface area (Å²) in [5.74, 6) is 2.52. The predicted octanol–water partition coefficient (Wildman–Crippen LogP) is 4.15. The molecule has 0 aliphatic carbocycles. The van der Waals surface area contributed by atoms with Crippen LogP contribution in [-0.4, -0.2) is 83.9 Å². The molecular formula is C29H43N5O5. The summed E-state index contributed by atoms with van der Waals surface area (Å²) < 4.78 is 17.0. The van der Waals surface area contributed by atoms with Crippen molar-refractivity contribution in [2.75, 3.05) is 46.4 Å².